The first kappa shape index (κ1) is 20.0. The molecule has 2 aliphatic rings. The lowest BCUT2D eigenvalue weighted by molar-refractivity contribution is 0.0629. The van der Waals surface area contributed by atoms with Crippen LogP contribution in [0.25, 0.3) is 10.9 Å². The molecule has 1 aromatic heterocycles. The van der Waals surface area contributed by atoms with Crippen molar-refractivity contribution in [2.45, 2.75) is 32.7 Å². The lowest BCUT2D eigenvalue weighted by Crippen LogP contribution is -2.48. The van der Waals surface area contributed by atoms with Crippen LogP contribution in [-0.2, 0) is 19.4 Å². The molecule has 5 heteroatoms. The minimum Gasteiger partial charge on any atom is -0.494 e. The number of fused-ring (bicyclic) bond motifs is 2. The van der Waals surface area contributed by atoms with Crippen LogP contribution in [0.2, 0.25) is 0 Å². The molecular formula is C26H29N3O2. The summed E-state index contributed by atoms with van der Waals surface area (Å²) in [5, 5.41) is 1.00. The van der Waals surface area contributed by atoms with Gasteiger partial charge in [-0.2, -0.15) is 0 Å². The second kappa shape index (κ2) is 8.67. The summed E-state index contributed by atoms with van der Waals surface area (Å²) in [4.78, 5) is 22.9. The zero-order valence-corrected chi connectivity index (χ0v) is 18.1. The van der Waals surface area contributed by atoms with Gasteiger partial charge in [-0.05, 0) is 55.5 Å². The van der Waals surface area contributed by atoms with Crippen molar-refractivity contribution in [1.82, 2.24) is 14.8 Å². The number of nitrogens with zero attached hydrogens (tertiary/aromatic N) is 3. The Labute approximate surface area is 183 Å². The van der Waals surface area contributed by atoms with E-state index in [0.717, 1.165) is 79.9 Å². The van der Waals surface area contributed by atoms with Crippen LogP contribution in [0.1, 0.15) is 40.5 Å². The summed E-state index contributed by atoms with van der Waals surface area (Å²) in [5.74, 6) is 1.09. The van der Waals surface area contributed by atoms with E-state index in [2.05, 4.69) is 23.1 Å². The number of hydrogen-bond donors (Lipinski definition) is 0. The van der Waals surface area contributed by atoms with Crippen LogP contribution in [0.3, 0.4) is 0 Å². The number of ether oxygens (including phenoxy) is 1. The third-order valence-electron chi connectivity index (χ3n) is 6.43. The van der Waals surface area contributed by atoms with Crippen LogP contribution < -0.4 is 4.74 Å². The summed E-state index contributed by atoms with van der Waals surface area (Å²) in [5.41, 5.74) is 5.43. The van der Waals surface area contributed by atoms with Gasteiger partial charge in [0.05, 0.1) is 17.7 Å². The van der Waals surface area contributed by atoms with Crippen LogP contribution in [0.15, 0.2) is 48.5 Å². The molecule has 0 N–H and O–H groups in total. The molecule has 0 bridgehead atoms. The fraction of sp³-hybridized carbons (Fsp3) is 0.385. The van der Waals surface area contributed by atoms with E-state index in [1.165, 1.54) is 11.1 Å². The molecule has 5 nitrogen and oxygen atoms in total. The summed E-state index contributed by atoms with van der Waals surface area (Å²) in [7, 11) is 0. The second-order valence-corrected chi connectivity index (χ2v) is 8.43. The van der Waals surface area contributed by atoms with Crippen molar-refractivity contribution in [1.29, 1.82) is 0 Å². The number of aryl methyl sites for hydroxylation is 1. The average Bonchev–Trinajstić information content (AvgIpc) is 3.27. The minimum absolute atomic E-state index is 0.178. The van der Waals surface area contributed by atoms with Crippen molar-refractivity contribution in [3.8, 4) is 5.75 Å². The Kier molecular flexibility index (Phi) is 5.60. The molecule has 1 amide bonds. The first-order valence-corrected chi connectivity index (χ1v) is 11.4. The normalized spacial score (nSPS) is 16.5. The molecule has 3 aromatic rings. The molecule has 0 unspecified atom stereocenters. The monoisotopic (exact) mass is 415 g/mol. The number of piperazine rings is 1. The number of pyridine rings is 1. The number of benzene rings is 2. The first-order chi connectivity index (χ1) is 15.2. The number of carbonyl (C=O) groups is 1. The van der Waals surface area contributed by atoms with Crippen LogP contribution in [0.4, 0.5) is 0 Å². The average molecular weight is 416 g/mol. The fourth-order valence-electron chi connectivity index (χ4n) is 4.84. The van der Waals surface area contributed by atoms with Gasteiger partial charge in [0.25, 0.3) is 5.91 Å². The van der Waals surface area contributed by atoms with E-state index in [0.29, 0.717) is 6.61 Å². The molecule has 0 spiro atoms. The number of aromatic nitrogens is 1. The number of hydrogen-bond acceptors (Lipinski definition) is 4. The molecule has 0 atom stereocenters. The summed E-state index contributed by atoms with van der Waals surface area (Å²) >= 11 is 0. The molecule has 2 heterocycles. The van der Waals surface area contributed by atoms with Crippen molar-refractivity contribution >= 4 is 16.8 Å². The fourth-order valence-corrected chi connectivity index (χ4v) is 4.84. The third-order valence-corrected chi connectivity index (χ3v) is 6.43. The highest BCUT2D eigenvalue weighted by molar-refractivity contribution is 6.07. The van der Waals surface area contributed by atoms with E-state index >= 15 is 0 Å². The molecule has 1 saturated heterocycles. The van der Waals surface area contributed by atoms with Gasteiger partial charge in [0.15, 0.2) is 0 Å². The first-order valence-electron chi connectivity index (χ1n) is 11.4. The van der Waals surface area contributed by atoms with Gasteiger partial charge >= 0.3 is 0 Å². The minimum atomic E-state index is 0.178. The van der Waals surface area contributed by atoms with Crippen LogP contribution >= 0.6 is 0 Å². The van der Waals surface area contributed by atoms with Crippen molar-refractivity contribution in [3.05, 3.63) is 70.9 Å². The molecule has 31 heavy (non-hydrogen) atoms. The Morgan fingerprint density at radius 2 is 1.77 bits per heavy atom. The van der Waals surface area contributed by atoms with Gasteiger partial charge < -0.3 is 9.64 Å². The van der Waals surface area contributed by atoms with E-state index in [9.17, 15) is 4.79 Å². The smallest absolute Gasteiger partial charge is 0.254 e. The van der Waals surface area contributed by atoms with Crippen LogP contribution in [-0.4, -0.2) is 53.5 Å². The molecule has 0 radical (unpaired) electrons. The second-order valence-electron chi connectivity index (χ2n) is 8.43. The molecule has 5 rings (SSSR count). The highest BCUT2D eigenvalue weighted by Gasteiger charge is 2.28. The Bertz CT molecular complexity index is 1090. The van der Waals surface area contributed by atoms with Gasteiger partial charge in [-0.25, -0.2) is 0 Å². The maximum Gasteiger partial charge on any atom is 0.254 e. The summed E-state index contributed by atoms with van der Waals surface area (Å²) in [6.07, 6.45) is 3.04. The SMILES string of the molecule is CCOc1ccc(CN2CCN(C(=O)c3c4c(nc5ccccc35)CCC4)CC2)cc1. The quantitative estimate of drug-likeness (QED) is 0.630. The maximum atomic E-state index is 13.6. The van der Waals surface area contributed by atoms with E-state index in [1.54, 1.807) is 0 Å². The summed E-state index contributed by atoms with van der Waals surface area (Å²) in [6.45, 7) is 6.90. The van der Waals surface area contributed by atoms with Gasteiger partial charge in [-0.1, -0.05) is 30.3 Å². The molecule has 1 fully saturated rings. The molecule has 1 aliphatic heterocycles. The van der Waals surface area contributed by atoms with Gasteiger partial charge in [0.2, 0.25) is 0 Å². The van der Waals surface area contributed by atoms with Gasteiger partial charge in [-0.15, -0.1) is 0 Å². The standard InChI is InChI=1S/C26H29N3O2/c1-2-31-20-12-10-19(11-13-20)18-28-14-16-29(17-15-28)26(30)25-21-6-3-4-8-23(21)27-24-9-5-7-22(24)25/h3-4,6,8,10-13H,2,5,7,9,14-18H2,1H3. The molecule has 160 valence electrons. The van der Waals surface area contributed by atoms with Crippen LogP contribution in [0, 0.1) is 0 Å². The topological polar surface area (TPSA) is 45.7 Å². The molecule has 2 aromatic carbocycles. The highest BCUT2D eigenvalue weighted by Crippen LogP contribution is 2.31. The van der Waals surface area contributed by atoms with E-state index < -0.39 is 0 Å². The summed E-state index contributed by atoms with van der Waals surface area (Å²) in [6, 6.07) is 16.4. The van der Waals surface area contributed by atoms with Crippen LogP contribution in [0.5, 0.6) is 5.75 Å². The Morgan fingerprint density at radius 3 is 2.55 bits per heavy atom. The van der Waals surface area contributed by atoms with Crippen molar-refractivity contribution in [3.63, 3.8) is 0 Å². The number of amides is 1. The van der Waals surface area contributed by atoms with E-state index in [4.69, 9.17) is 9.72 Å². The van der Waals surface area contributed by atoms with Gasteiger partial charge in [-0.3, -0.25) is 14.7 Å². The third kappa shape index (κ3) is 4.02. The maximum absolute atomic E-state index is 13.6. The van der Waals surface area contributed by atoms with Crippen molar-refractivity contribution in [2.24, 2.45) is 0 Å². The van der Waals surface area contributed by atoms with E-state index in [-0.39, 0.29) is 5.91 Å². The Balaban J connectivity index is 1.29. The number of carbonyl (C=O) groups excluding carboxylic acids is 1. The zero-order chi connectivity index (χ0) is 21.2. The molecule has 0 saturated carbocycles. The van der Waals surface area contributed by atoms with E-state index in [1.807, 2.05) is 42.2 Å². The number of para-hydroxylation sites is 1. The Hall–Kier alpha value is -2.92. The van der Waals surface area contributed by atoms with Gasteiger partial charge in [0, 0.05) is 43.8 Å². The zero-order valence-electron chi connectivity index (χ0n) is 18.1. The van der Waals surface area contributed by atoms with Crippen molar-refractivity contribution < 1.29 is 9.53 Å². The predicted molar refractivity (Wildman–Crippen MR) is 123 cm³/mol. The highest BCUT2D eigenvalue weighted by atomic mass is 16.5. The van der Waals surface area contributed by atoms with Crippen molar-refractivity contribution in [2.75, 3.05) is 32.8 Å². The lowest BCUT2D eigenvalue weighted by atomic mass is 9.99. The predicted octanol–water partition coefficient (Wildman–Crippen LogP) is 4.08. The summed E-state index contributed by atoms with van der Waals surface area (Å²) < 4.78 is 5.53. The number of rotatable bonds is 5. The lowest BCUT2D eigenvalue weighted by Gasteiger charge is -2.35. The molecular weight excluding hydrogens is 386 g/mol. The molecule has 1 aliphatic carbocycles. The largest absolute Gasteiger partial charge is 0.494 e. The Morgan fingerprint density at radius 1 is 1.00 bits per heavy atom. The van der Waals surface area contributed by atoms with Gasteiger partial charge in [0.1, 0.15) is 5.75 Å².